The van der Waals surface area contributed by atoms with Gasteiger partial charge in [0.05, 0.1) is 0 Å². The monoisotopic (exact) mass is 371 g/mol. The molecule has 2 atom stereocenters. The molecule has 0 aliphatic heterocycles. The zero-order chi connectivity index (χ0) is 19.5. The highest BCUT2D eigenvalue weighted by atomic mass is 31.1. The largest absolute Gasteiger partial charge is 0.507 e. The molecule has 2 nitrogen and oxygen atoms in total. The summed E-state index contributed by atoms with van der Waals surface area (Å²) in [6, 6.07) is 12.7. The average Bonchev–Trinajstić information content (AvgIpc) is 2.57. The molecule has 0 bridgehead atoms. The van der Waals surface area contributed by atoms with Crippen molar-refractivity contribution in [3.63, 3.8) is 0 Å². The number of aryl methyl sites for hydroxylation is 2. The first-order valence-electron chi connectivity index (χ1n) is 9.48. The second-order valence-electron chi connectivity index (χ2n) is 8.49. The highest BCUT2D eigenvalue weighted by Crippen LogP contribution is 2.48. The van der Waals surface area contributed by atoms with Gasteiger partial charge < -0.3 is 10.4 Å². The molecule has 0 aliphatic carbocycles. The Balaban J connectivity index is 2.43. The minimum absolute atomic E-state index is 0.0707. The molecule has 0 amide bonds. The number of phenols is 1. The molecule has 142 valence electrons. The van der Waals surface area contributed by atoms with E-state index in [9.17, 15) is 5.11 Å². The molecule has 0 radical (unpaired) electrons. The van der Waals surface area contributed by atoms with Gasteiger partial charge in [0, 0.05) is 22.8 Å². The van der Waals surface area contributed by atoms with Crippen LogP contribution in [0.1, 0.15) is 63.3 Å². The van der Waals surface area contributed by atoms with Gasteiger partial charge in [-0.05, 0) is 63.0 Å². The van der Waals surface area contributed by atoms with E-state index in [0.717, 1.165) is 24.1 Å². The van der Waals surface area contributed by atoms with Crippen molar-refractivity contribution < 1.29 is 5.11 Å². The van der Waals surface area contributed by atoms with Crippen LogP contribution < -0.4 is 10.6 Å². The minimum atomic E-state index is -0.0707. The van der Waals surface area contributed by atoms with Gasteiger partial charge in [-0.3, -0.25) is 0 Å². The van der Waals surface area contributed by atoms with Gasteiger partial charge in [-0.25, -0.2) is 0 Å². The van der Waals surface area contributed by atoms with Crippen LogP contribution in [-0.2, 0) is 11.7 Å². The number of benzene rings is 2. The van der Waals surface area contributed by atoms with Crippen molar-refractivity contribution >= 4 is 13.9 Å². The van der Waals surface area contributed by atoms with Gasteiger partial charge in [-0.2, -0.15) is 0 Å². The lowest BCUT2D eigenvalue weighted by Crippen LogP contribution is -2.36. The van der Waals surface area contributed by atoms with E-state index in [1.807, 2.05) is 13.0 Å². The Morgan fingerprint density at radius 2 is 1.58 bits per heavy atom. The molecule has 2 aromatic rings. The Bertz CT molecular complexity index is 763. The summed E-state index contributed by atoms with van der Waals surface area (Å²) in [5, 5.41) is 15.7. The molecule has 2 N–H and O–H groups in total. The summed E-state index contributed by atoms with van der Waals surface area (Å²) >= 11 is 0. The molecule has 0 aromatic heterocycles. The second-order valence-corrected chi connectivity index (χ2v) is 10.3. The highest BCUT2D eigenvalue weighted by Gasteiger charge is 2.30. The lowest BCUT2D eigenvalue weighted by molar-refractivity contribution is 0.425. The fraction of sp³-hybridized carbons (Fsp3) is 0.478. The van der Waals surface area contributed by atoms with Crippen LogP contribution in [0.3, 0.4) is 0 Å². The summed E-state index contributed by atoms with van der Waals surface area (Å²) in [5.74, 6) is 0.451. The number of para-hydroxylation sites is 1. The average molecular weight is 372 g/mol. The van der Waals surface area contributed by atoms with E-state index < -0.39 is 0 Å². The summed E-state index contributed by atoms with van der Waals surface area (Å²) in [6.45, 7) is 16.2. The molecule has 2 aromatic carbocycles. The molecule has 0 saturated carbocycles. The number of aromatic hydroxyl groups is 1. The first-order valence-corrected chi connectivity index (χ1v) is 10.5. The summed E-state index contributed by atoms with van der Waals surface area (Å²) < 4.78 is 0. The van der Waals surface area contributed by atoms with Gasteiger partial charge in [-0.15, -0.1) is 0 Å². The third-order valence-electron chi connectivity index (χ3n) is 5.11. The SMILES string of the molecule is CCC(C)(Pc1c(C)cccc1CNC(C)(C)C)c1cccc(C)c1O. The van der Waals surface area contributed by atoms with Crippen molar-refractivity contribution in [3.05, 3.63) is 58.7 Å². The topological polar surface area (TPSA) is 32.3 Å². The van der Waals surface area contributed by atoms with Crippen molar-refractivity contribution in [1.82, 2.24) is 5.32 Å². The van der Waals surface area contributed by atoms with E-state index in [1.54, 1.807) is 0 Å². The Hall–Kier alpha value is -1.37. The molecule has 26 heavy (non-hydrogen) atoms. The molecule has 2 rings (SSSR count). The van der Waals surface area contributed by atoms with Gasteiger partial charge >= 0.3 is 0 Å². The normalized spacial score (nSPS) is 14.7. The summed E-state index contributed by atoms with van der Waals surface area (Å²) in [5.41, 5.74) is 4.81. The van der Waals surface area contributed by atoms with Crippen LogP contribution in [-0.4, -0.2) is 10.6 Å². The fourth-order valence-electron chi connectivity index (χ4n) is 3.14. The third kappa shape index (κ3) is 4.87. The molecule has 2 unspecified atom stereocenters. The zero-order valence-electron chi connectivity index (χ0n) is 17.3. The zero-order valence-corrected chi connectivity index (χ0v) is 18.3. The number of rotatable bonds is 6. The van der Waals surface area contributed by atoms with Crippen LogP contribution in [0.5, 0.6) is 5.75 Å². The number of nitrogens with one attached hydrogen (secondary N) is 1. The first-order chi connectivity index (χ1) is 12.1. The maximum atomic E-state index is 10.7. The number of hydrogen-bond acceptors (Lipinski definition) is 2. The standard InChI is InChI=1S/C23H34NOP/c1-8-23(7,19-14-10-11-16(2)20(19)25)26-21-17(3)12-9-13-18(21)15-24-22(4,5)6/h9-14,24-26H,8,15H2,1-7H3. The van der Waals surface area contributed by atoms with E-state index in [-0.39, 0.29) is 10.7 Å². The second kappa shape index (κ2) is 8.11. The van der Waals surface area contributed by atoms with Gasteiger partial charge in [-0.1, -0.05) is 58.8 Å². The van der Waals surface area contributed by atoms with Crippen LogP contribution in [0.15, 0.2) is 36.4 Å². The minimum Gasteiger partial charge on any atom is -0.507 e. The highest BCUT2D eigenvalue weighted by molar-refractivity contribution is 7.48. The fourth-order valence-corrected chi connectivity index (χ4v) is 4.82. The van der Waals surface area contributed by atoms with E-state index in [1.165, 1.54) is 16.4 Å². The van der Waals surface area contributed by atoms with Crippen LogP contribution in [0.25, 0.3) is 0 Å². The Morgan fingerprint density at radius 1 is 0.962 bits per heavy atom. The predicted octanol–water partition coefficient (Wildman–Crippen LogP) is 5.53. The van der Waals surface area contributed by atoms with Crippen LogP contribution in [0.4, 0.5) is 0 Å². The van der Waals surface area contributed by atoms with E-state index in [2.05, 4.69) is 77.2 Å². The first kappa shape index (κ1) is 20.9. The quantitative estimate of drug-likeness (QED) is 0.655. The molecule has 0 spiro atoms. The van der Waals surface area contributed by atoms with Crippen molar-refractivity contribution in [2.45, 2.75) is 72.1 Å². The van der Waals surface area contributed by atoms with E-state index >= 15 is 0 Å². The maximum absolute atomic E-state index is 10.7. The summed E-state index contributed by atoms with van der Waals surface area (Å²) in [6.07, 6.45) is 0.989. The van der Waals surface area contributed by atoms with Gasteiger partial charge in [0.25, 0.3) is 0 Å². The molecule has 0 aliphatic rings. The van der Waals surface area contributed by atoms with Crippen LogP contribution >= 0.6 is 8.58 Å². The molecule has 0 fully saturated rings. The molecular formula is C23H34NOP. The third-order valence-corrected chi connectivity index (χ3v) is 7.25. The van der Waals surface area contributed by atoms with Gasteiger partial charge in [0.1, 0.15) is 5.75 Å². The molecule has 0 heterocycles. The Morgan fingerprint density at radius 3 is 2.19 bits per heavy atom. The van der Waals surface area contributed by atoms with Crippen molar-refractivity contribution in [1.29, 1.82) is 0 Å². The number of phenolic OH excluding ortho intramolecular Hbond substituents is 1. The predicted molar refractivity (Wildman–Crippen MR) is 116 cm³/mol. The lowest BCUT2D eigenvalue weighted by Gasteiger charge is -2.32. The van der Waals surface area contributed by atoms with Gasteiger partial charge in [0.2, 0.25) is 0 Å². The van der Waals surface area contributed by atoms with Crippen LogP contribution in [0, 0.1) is 13.8 Å². The van der Waals surface area contributed by atoms with Crippen molar-refractivity contribution in [3.8, 4) is 5.75 Å². The number of hydrogen-bond donors (Lipinski definition) is 2. The maximum Gasteiger partial charge on any atom is 0.122 e. The molecule has 3 heteroatoms. The van der Waals surface area contributed by atoms with Crippen LogP contribution in [0.2, 0.25) is 0 Å². The van der Waals surface area contributed by atoms with Crippen molar-refractivity contribution in [2.24, 2.45) is 0 Å². The van der Waals surface area contributed by atoms with E-state index in [4.69, 9.17) is 0 Å². The Kier molecular flexibility index (Phi) is 6.53. The van der Waals surface area contributed by atoms with Gasteiger partial charge in [0.15, 0.2) is 0 Å². The summed E-state index contributed by atoms with van der Waals surface area (Å²) in [4.78, 5) is 0. The summed E-state index contributed by atoms with van der Waals surface area (Å²) in [7, 11) is 0.610. The van der Waals surface area contributed by atoms with Crippen molar-refractivity contribution in [2.75, 3.05) is 0 Å². The lowest BCUT2D eigenvalue weighted by atomic mass is 9.94. The van der Waals surface area contributed by atoms with E-state index in [0.29, 0.717) is 14.3 Å². The molecular weight excluding hydrogens is 337 g/mol. The smallest absolute Gasteiger partial charge is 0.122 e. The molecule has 0 saturated heterocycles. The Labute approximate surface area is 161 Å².